The number of aliphatic carboxylic acids is 1. The highest BCUT2D eigenvalue weighted by molar-refractivity contribution is 5.82. The van der Waals surface area contributed by atoms with E-state index in [2.05, 4.69) is 0 Å². The topological polar surface area (TPSA) is 60.9 Å². The van der Waals surface area contributed by atoms with E-state index in [0.29, 0.717) is 12.3 Å². The van der Waals surface area contributed by atoms with Crippen molar-refractivity contribution in [2.45, 2.75) is 45.1 Å². The standard InChI is InChI=1S/C15H26N2O3/c1-4-13(14(18)19)17(3)15(20)16(2)9-12-8-10-5-6-11(12)7-10/h10-13H,4-9H2,1-3H3,(H,18,19). The third-order valence-corrected chi connectivity index (χ3v) is 5.16. The number of rotatable bonds is 5. The van der Waals surface area contributed by atoms with E-state index in [1.54, 1.807) is 25.9 Å². The SMILES string of the molecule is CCC(C(=O)O)N(C)C(=O)N(C)CC1CC2CCC1C2. The summed E-state index contributed by atoms with van der Waals surface area (Å²) in [6, 6.07) is -0.910. The fourth-order valence-electron chi connectivity index (χ4n) is 4.05. The van der Waals surface area contributed by atoms with E-state index in [1.807, 2.05) is 0 Å². The number of carbonyl (C=O) groups is 2. The molecule has 1 N–H and O–H groups in total. The summed E-state index contributed by atoms with van der Waals surface area (Å²) in [5.41, 5.74) is 0. The second-order valence-corrected chi connectivity index (χ2v) is 6.47. The molecule has 5 heteroatoms. The van der Waals surface area contributed by atoms with Gasteiger partial charge in [0.15, 0.2) is 0 Å². The van der Waals surface area contributed by atoms with Gasteiger partial charge < -0.3 is 14.9 Å². The van der Waals surface area contributed by atoms with E-state index in [1.165, 1.54) is 30.6 Å². The third kappa shape index (κ3) is 2.91. The molecule has 2 amide bonds. The summed E-state index contributed by atoms with van der Waals surface area (Å²) in [6.45, 7) is 2.55. The van der Waals surface area contributed by atoms with E-state index >= 15 is 0 Å². The maximum atomic E-state index is 12.3. The lowest BCUT2D eigenvalue weighted by Gasteiger charge is -2.32. The number of fused-ring (bicyclic) bond motifs is 2. The normalized spacial score (nSPS) is 29.2. The van der Waals surface area contributed by atoms with Crippen LogP contribution in [0.1, 0.15) is 39.0 Å². The maximum Gasteiger partial charge on any atom is 0.326 e. The van der Waals surface area contributed by atoms with Crippen LogP contribution in [0, 0.1) is 17.8 Å². The van der Waals surface area contributed by atoms with Crippen molar-refractivity contribution in [3.8, 4) is 0 Å². The summed E-state index contributed by atoms with van der Waals surface area (Å²) >= 11 is 0. The zero-order valence-corrected chi connectivity index (χ0v) is 12.7. The summed E-state index contributed by atoms with van der Waals surface area (Å²) in [6.07, 6.45) is 5.66. The van der Waals surface area contributed by atoms with Crippen molar-refractivity contribution in [1.29, 1.82) is 0 Å². The molecule has 2 aliphatic carbocycles. The molecule has 2 fully saturated rings. The average molecular weight is 282 g/mol. The summed E-state index contributed by atoms with van der Waals surface area (Å²) in [7, 11) is 3.38. The molecule has 114 valence electrons. The summed E-state index contributed by atoms with van der Waals surface area (Å²) in [4.78, 5) is 26.5. The van der Waals surface area contributed by atoms with Gasteiger partial charge in [0, 0.05) is 20.6 Å². The first kappa shape index (κ1) is 15.1. The highest BCUT2D eigenvalue weighted by Crippen LogP contribution is 2.48. The van der Waals surface area contributed by atoms with Crippen molar-refractivity contribution >= 4 is 12.0 Å². The number of urea groups is 1. The Labute approximate surface area is 120 Å². The Bertz CT molecular complexity index is 385. The van der Waals surface area contributed by atoms with Gasteiger partial charge >= 0.3 is 12.0 Å². The molecule has 4 unspecified atom stereocenters. The Morgan fingerprint density at radius 2 is 1.95 bits per heavy atom. The zero-order valence-electron chi connectivity index (χ0n) is 12.7. The fourth-order valence-corrected chi connectivity index (χ4v) is 4.05. The van der Waals surface area contributed by atoms with Crippen LogP contribution < -0.4 is 0 Å². The highest BCUT2D eigenvalue weighted by Gasteiger charge is 2.40. The van der Waals surface area contributed by atoms with E-state index in [0.717, 1.165) is 18.4 Å². The zero-order chi connectivity index (χ0) is 14.9. The Balaban J connectivity index is 1.89. The molecular weight excluding hydrogens is 256 g/mol. The van der Waals surface area contributed by atoms with Gasteiger partial charge in [0.2, 0.25) is 0 Å². The monoisotopic (exact) mass is 282 g/mol. The predicted octanol–water partition coefficient (Wildman–Crippen LogP) is 2.27. The van der Waals surface area contributed by atoms with Crippen molar-refractivity contribution in [2.75, 3.05) is 20.6 Å². The number of nitrogens with zero attached hydrogens (tertiary/aromatic N) is 2. The van der Waals surface area contributed by atoms with Gasteiger partial charge in [-0.2, -0.15) is 0 Å². The van der Waals surface area contributed by atoms with Gasteiger partial charge in [0.25, 0.3) is 0 Å². The molecule has 4 atom stereocenters. The van der Waals surface area contributed by atoms with Crippen LogP contribution in [0.3, 0.4) is 0 Å². The lowest BCUT2D eigenvalue weighted by atomic mass is 9.88. The fraction of sp³-hybridized carbons (Fsp3) is 0.867. The van der Waals surface area contributed by atoms with Crippen molar-refractivity contribution < 1.29 is 14.7 Å². The second kappa shape index (κ2) is 6.02. The lowest BCUT2D eigenvalue weighted by molar-refractivity contribution is -0.142. The van der Waals surface area contributed by atoms with E-state index in [9.17, 15) is 9.59 Å². The Hall–Kier alpha value is -1.26. The van der Waals surface area contributed by atoms with Crippen molar-refractivity contribution in [3.05, 3.63) is 0 Å². The van der Waals surface area contributed by atoms with Crippen LogP contribution in [0.2, 0.25) is 0 Å². The van der Waals surface area contributed by atoms with E-state index in [4.69, 9.17) is 5.11 Å². The first-order valence-corrected chi connectivity index (χ1v) is 7.64. The molecule has 2 saturated carbocycles. The number of carboxylic acid groups (broad SMARTS) is 1. The Morgan fingerprint density at radius 3 is 2.40 bits per heavy atom. The van der Waals surface area contributed by atoms with Crippen molar-refractivity contribution in [2.24, 2.45) is 17.8 Å². The molecule has 0 saturated heterocycles. The third-order valence-electron chi connectivity index (χ3n) is 5.16. The molecule has 5 nitrogen and oxygen atoms in total. The molecule has 2 aliphatic rings. The van der Waals surface area contributed by atoms with Gasteiger partial charge in [-0.15, -0.1) is 0 Å². The molecule has 2 bridgehead atoms. The average Bonchev–Trinajstić information content (AvgIpc) is 3.00. The number of carboxylic acids is 1. The van der Waals surface area contributed by atoms with Crippen molar-refractivity contribution in [3.63, 3.8) is 0 Å². The predicted molar refractivity (Wildman–Crippen MR) is 76.4 cm³/mol. The Kier molecular flexibility index (Phi) is 4.55. The molecular formula is C15H26N2O3. The molecule has 0 aromatic heterocycles. The molecule has 0 heterocycles. The van der Waals surface area contributed by atoms with Crippen LogP contribution in [-0.4, -0.2) is 53.6 Å². The van der Waals surface area contributed by atoms with Gasteiger partial charge in [-0.1, -0.05) is 13.3 Å². The van der Waals surface area contributed by atoms with Crippen LogP contribution in [0.5, 0.6) is 0 Å². The highest BCUT2D eigenvalue weighted by atomic mass is 16.4. The van der Waals surface area contributed by atoms with Gasteiger partial charge in [0.05, 0.1) is 0 Å². The number of carbonyl (C=O) groups excluding carboxylic acids is 1. The molecule has 0 aromatic rings. The second-order valence-electron chi connectivity index (χ2n) is 6.47. The van der Waals surface area contributed by atoms with Crippen LogP contribution in [-0.2, 0) is 4.79 Å². The molecule has 0 aromatic carbocycles. The quantitative estimate of drug-likeness (QED) is 0.841. The minimum Gasteiger partial charge on any atom is -0.480 e. The molecule has 2 rings (SSSR count). The summed E-state index contributed by atoms with van der Waals surface area (Å²) < 4.78 is 0. The smallest absolute Gasteiger partial charge is 0.326 e. The lowest BCUT2D eigenvalue weighted by Crippen LogP contribution is -2.48. The number of hydrogen-bond donors (Lipinski definition) is 1. The van der Waals surface area contributed by atoms with Crippen LogP contribution in [0.25, 0.3) is 0 Å². The maximum absolute atomic E-state index is 12.3. The van der Waals surface area contributed by atoms with Gasteiger partial charge in [-0.05, 0) is 43.4 Å². The van der Waals surface area contributed by atoms with Gasteiger partial charge in [-0.25, -0.2) is 9.59 Å². The first-order chi connectivity index (χ1) is 9.43. The molecule has 20 heavy (non-hydrogen) atoms. The van der Waals surface area contributed by atoms with Crippen LogP contribution in [0.15, 0.2) is 0 Å². The number of amides is 2. The number of likely N-dealkylation sites (N-methyl/N-ethyl adjacent to an activating group) is 1. The van der Waals surface area contributed by atoms with Gasteiger partial charge in [0.1, 0.15) is 6.04 Å². The van der Waals surface area contributed by atoms with Crippen LogP contribution >= 0.6 is 0 Å². The molecule has 0 radical (unpaired) electrons. The Morgan fingerprint density at radius 1 is 1.25 bits per heavy atom. The summed E-state index contributed by atoms with van der Waals surface area (Å²) in [5, 5.41) is 9.13. The number of hydrogen-bond acceptors (Lipinski definition) is 2. The molecule has 0 aliphatic heterocycles. The summed E-state index contributed by atoms with van der Waals surface area (Å²) in [5.74, 6) is 1.33. The van der Waals surface area contributed by atoms with E-state index in [-0.39, 0.29) is 6.03 Å². The van der Waals surface area contributed by atoms with E-state index < -0.39 is 12.0 Å². The largest absolute Gasteiger partial charge is 0.480 e. The first-order valence-electron chi connectivity index (χ1n) is 7.64. The minimum atomic E-state index is -0.934. The molecule has 0 spiro atoms. The minimum absolute atomic E-state index is 0.179. The van der Waals surface area contributed by atoms with Crippen LogP contribution in [0.4, 0.5) is 4.79 Å². The van der Waals surface area contributed by atoms with Crippen molar-refractivity contribution in [1.82, 2.24) is 9.80 Å². The van der Waals surface area contributed by atoms with Gasteiger partial charge in [-0.3, -0.25) is 0 Å².